The molecule has 0 aromatic rings. The van der Waals surface area contributed by atoms with Gasteiger partial charge in [-0.05, 0) is 12.8 Å². The van der Waals surface area contributed by atoms with Crippen molar-refractivity contribution in [2.45, 2.75) is 19.3 Å². The number of hydrogen-bond donors (Lipinski definition) is 0. The van der Waals surface area contributed by atoms with E-state index in [2.05, 4.69) is 11.4 Å². The van der Waals surface area contributed by atoms with Crippen LogP contribution in [-0.4, -0.2) is 58.5 Å². The van der Waals surface area contributed by atoms with Crippen molar-refractivity contribution in [1.29, 1.82) is 0 Å². The molecule has 0 heterocycles. The minimum atomic E-state index is -4.63. The van der Waals surface area contributed by atoms with E-state index in [1.54, 1.807) is 0 Å². The van der Waals surface area contributed by atoms with Crippen molar-refractivity contribution >= 4 is 40.8 Å². The summed E-state index contributed by atoms with van der Waals surface area (Å²) in [5, 5.41) is 0. The van der Waals surface area contributed by atoms with Gasteiger partial charge in [0, 0.05) is 0 Å². The summed E-state index contributed by atoms with van der Waals surface area (Å²) in [6.45, 7) is 0. The second-order valence-corrected chi connectivity index (χ2v) is 10.7. The van der Waals surface area contributed by atoms with Crippen molar-refractivity contribution in [3.8, 4) is 0 Å². The van der Waals surface area contributed by atoms with Crippen LogP contribution >= 0.6 is 0 Å². The summed E-state index contributed by atoms with van der Waals surface area (Å²) in [7, 11) is -16.7. The molecular formula is C7H16O11S4. The summed E-state index contributed by atoms with van der Waals surface area (Å²) in [6, 6.07) is 0. The molecule has 0 aliphatic rings. The van der Waals surface area contributed by atoms with Crippen LogP contribution < -0.4 is 0 Å². The van der Waals surface area contributed by atoms with Crippen LogP contribution in [0.1, 0.15) is 19.3 Å². The van der Waals surface area contributed by atoms with Gasteiger partial charge in [-0.25, -0.2) is 0 Å². The fourth-order valence-corrected chi connectivity index (χ4v) is 5.55. The first-order chi connectivity index (χ1) is 9.68. The summed E-state index contributed by atoms with van der Waals surface area (Å²) in [5.41, 5.74) is 0. The average Bonchev–Trinajstić information content (AvgIpc) is 2.23. The van der Waals surface area contributed by atoms with E-state index in [1.165, 1.54) is 0 Å². The fraction of sp³-hybridized carbons (Fsp3) is 1.00. The Morgan fingerprint density at radius 3 is 1.45 bits per heavy atom. The summed E-state index contributed by atoms with van der Waals surface area (Å²) in [5.74, 6) is -1.31. The highest BCUT2D eigenvalue weighted by Gasteiger charge is 2.22. The van der Waals surface area contributed by atoms with Crippen LogP contribution in [0.25, 0.3) is 0 Å². The van der Waals surface area contributed by atoms with E-state index in [0.717, 1.165) is 7.11 Å². The van der Waals surface area contributed by atoms with E-state index < -0.39 is 52.3 Å². The molecule has 0 aromatic heterocycles. The molecule has 15 heteroatoms. The molecule has 0 radical (unpaired) electrons. The highest BCUT2D eigenvalue weighted by Crippen LogP contribution is 2.09. The van der Waals surface area contributed by atoms with Gasteiger partial charge < -0.3 is 0 Å². The SMILES string of the molecule is COS(=O)(=O)OS(=O)(=O)CCCCCS(=O)(=O)OS(C)(=O)=O. The molecule has 0 spiro atoms. The van der Waals surface area contributed by atoms with Crippen molar-refractivity contribution in [2.75, 3.05) is 24.9 Å². The molecule has 11 nitrogen and oxygen atoms in total. The maximum atomic E-state index is 11.2. The maximum absolute atomic E-state index is 11.2. The zero-order chi connectivity index (χ0) is 17.7. The number of rotatable bonds is 11. The van der Waals surface area contributed by atoms with E-state index >= 15 is 0 Å². The van der Waals surface area contributed by atoms with Crippen molar-refractivity contribution in [1.82, 2.24) is 0 Å². The summed E-state index contributed by atoms with van der Waals surface area (Å²) < 4.78 is 99.2. The Hall–Kier alpha value is -0.320. The molecule has 134 valence electrons. The third-order valence-electron chi connectivity index (χ3n) is 1.91. The van der Waals surface area contributed by atoms with Crippen molar-refractivity contribution < 1.29 is 45.1 Å². The molecule has 0 atom stereocenters. The third kappa shape index (κ3) is 11.3. The van der Waals surface area contributed by atoms with Crippen molar-refractivity contribution in [2.24, 2.45) is 0 Å². The van der Waals surface area contributed by atoms with E-state index in [9.17, 15) is 33.7 Å². The predicted molar refractivity (Wildman–Crippen MR) is 74.4 cm³/mol. The molecule has 22 heavy (non-hydrogen) atoms. The van der Waals surface area contributed by atoms with Crippen LogP contribution in [0, 0.1) is 0 Å². The van der Waals surface area contributed by atoms with Crippen LogP contribution in [0.15, 0.2) is 0 Å². The Labute approximate surface area is 130 Å². The van der Waals surface area contributed by atoms with E-state index in [1.807, 2.05) is 0 Å². The quantitative estimate of drug-likeness (QED) is 0.376. The van der Waals surface area contributed by atoms with Crippen LogP contribution in [-0.2, 0) is 52.2 Å². The Morgan fingerprint density at radius 2 is 1.09 bits per heavy atom. The molecule has 0 saturated carbocycles. The van der Waals surface area contributed by atoms with Crippen LogP contribution in [0.4, 0.5) is 0 Å². The van der Waals surface area contributed by atoms with Gasteiger partial charge in [0.2, 0.25) is 0 Å². The Morgan fingerprint density at radius 1 is 0.682 bits per heavy atom. The van der Waals surface area contributed by atoms with Gasteiger partial charge in [0.25, 0.3) is 30.4 Å². The van der Waals surface area contributed by atoms with Crippen LogP contribution in [0.5, 0.6) is 0 Å². The summed E-state index contributed by atoms with van der Waals surface area (Å²) in [6.07, 6.45) is 0.451. The first-order valence-corrected chi connectivity index (χ1v) is 11.9. The summed E-state index contributed by atoms with van der Waals surface area (Å²) >= 11 is 0. The average molecular weight is 404 g/mol. The van der Waals surface area contributed by atoms with Gasteiger partial charge in [0.1, 0.15) is 0 Å². The van der Waals surface area contributed by atoms with Gasteiger partial charge in [-0.15, -0.1) is 7.26 Å². The molecule has 0 saturated heterocycles. The summed E-state index contributed by atoms with van der Waals surface area (Å²) in [4.78, 5) is 0. The molecule has 0 rings (SSSR count). The lowest BCUT2D eigenvalue weighted by atomic mass is 10.3. The number of hydrogen-bond acceptors (Lipinski definition) is 11. The maximum Gasteiger partial charge on any atom is 0.414 e. The van der Waals surface area contributed by atoms with E-state index in [0.29, 0.717) is 6.26 Å². The van der Waals surface area contributed by atoms with Gasteiger partial charge in [0.15, 0.2) is 0 Å². The van der Waals surface area contributed by atoms with Gasteiger partial charge in [-0.1, -0.05) is 6.42 Å². The van der Waals surface area contributed by atoms with Crippen molar-refractivity contribution in [3.63, 3.8) is 0 Å². The van der Waals surface area contributed by atoms with E-state index in [-0.39, 0.29) is 19.3 Å². The molecule has 0 bridgehead atoms. The second-order valence-electron chi connectivity index (χ2n) is 4.00. The normalized spacial score (nSPS) is 14.1. The van der Waals surface area contributed by atoms with Gasteiger partial charge in [0.05, 0.1) is 24.9 Å². The molecule has 0 aromatic carbocycles. The first kappa shape index (κ1) is 21.7. The Balaban J connectivity index is 4.25. The lowest BCUT2D eigenvalue weighted by molar-refractivity contribution is 0.330. The third-order valence-corrected chi connectivity index (χ3v) is 7.21. The fourth-order valence-electron chi connectivity index (χ4n) is 1.15. The van der Waals surface area contributed by atoms with Gasteiger partial charge in [-0.2, -0.15) is 33.7 Å². The Kier molecular flexibility index (Phi) is 7.86. The highest BCUT2D eigenvalue weighted by molar-refractivity contribution is 7.99. The number of unbranched alkanes of at least 4 members (excludes halogenated alkanes) is 2. The van der Waals surface area contributed by atoms with Crippen molar-refractivity contribution in [3.05, 3.63) is 0 Å². The monoisotopic (exact) mass is 404 g/mol. The molecule has 0 aliphatic carbocycles. The zero-order valence-electron chi connectivity index (χ0n) is 11.7. The lowest BCUT2D eigenvalue weighted by Crippen LogP contribution is -2.18. The predicted octanol–water partition coefficient (Wildman–Crippen LogP) is -1.30. The molecule has 0 fully saturated rings. The lowest BCUT2D eigenvalue weighted by Gasteiger charge is -2.05. The minimum Gasteiger partial charge on any atom is -0.251 e. The molecule has 0 unspecified atom stereocenters. The molecular weight excluding hydrogens is 388 g/mol. The minimum absolute atomic E-state index is 0.0575. The standard InChI is InChI=1S/C7H16O11S4/c1-16-22(14,15)18-21(12,13)7-5-3-4-6-20(10,11)17-19(2,8)9/h3-7H2,1-2H3. The second kappa shape index (κ2) is 7.98. The Bertz CT molecular complexity index is 756. The van der Waals surface area contributed by atoms with Crippen LogP contribution in [0.2, 0.25) is 0 Å². The largest absolute Gasteiger partial charge is 0.414 e. The topological polar surface area (TPSA) is 164 Å². The van der Waals surface area contributed by atoms with Gasteiger partial charge >= 0.3 is 10.4 Å². The zero-order valence-corrected chi connectivity index (χ0v) is 14.9. The highest BCUT2D eigenvalue weighted by atomic mass is 32.3. The smallest absolute Gasteiger partial charge is 0.251 e. The molecule has 0 N–H and O–H groups in total. The molecule has 0 aliphatic heterocycles. The van der Waals surface area contributed by atoms with Crippen LogP contribution in [0.3, 0.4) is 0 Å². The molecule has 0 amide bonds. The van der Waals surface area contributed by atoms with Gasteiger partial charge in [-0.3, -0.25) is 4.18 Å². The van der Waals surface area contributed by atoms with E-state index in [4.69, 9.17) is 0 Å². The first-order valence-electron chi connectivity index (χ1n) is 5.56.